The zero-order valence-corrected chi connectivity index (χ0v) is 15.2. The van der Waals surface area contributed by atoms with Crippen LogP contribution in [-0.4, -0.2) is 22.3 Å². The molecule has 4 aliphatic carbocycles. The number of hydrogen-bond donors (Lipinski definition) is 1. The molecule has 1 spiro atoms. The summed E-state index contributed by atoms with van der Waals surface area (Å²) < 4.78 is 5.96. The highest BCUT2D eigenvalue weighted by Gasteiger charge is 2.88. The van der Waals surface area contributed by atoms with E-state index in [4.69, 9.17) is 4.74 Å². The number of carbonyl (C=O) groups is 1. The fraction of sp³-hybridized carbons (Fsp3) is 0.850. The first-order valence-electron chi connectivity index (χ1n) is 9.02. The summed E-state index contributed by atoms with van der Waals surface area (Å²) in [5, 5.41) is 10.9. The summed E-state index contributed by atoms with van der Waals surface area (Å²) in [5.74, 6) is 1.21. The van der Waals surface area contributed by atoms with Crippen LogP contribution in [0.3, 0.4) is 0 Å². The van der Waals surface area contributed by atoms with Gasteiger partial charge in [-0.25, -0.2) is 4.79 Å². The van der Waals surface area contributed by atoms with E-state index >= 15 is 0 Å². The molecule has 0 heterocycles. The third kappa shape index (κ3) is 1.45. The predicted molar refractivity (Wildman–Crippen MR) is 88.6 cm³/mol. The monoisotopic (exact) mass is 318 g/mol. The van der Waals surface area contributed by atoms with Gasteiger partial charge in [0.2, 0.25) is 0 Å². The van der Waals surface area contributed by atoms with Crippen LogP contribution in [0.15, 0.2) is 12.2 Å². The quantitative estimate of drug-likeness (QED) is 0.632. The Morgan fingerprint density at radius 2 is 1.78 bits per heavy atom. The van der Waals surface area contributed by atoms with Gasteiger partial charge in [0.05, 0.1) is 5.60 Å². The fourth-order valence-electron chi connectivity index (χ4n) is 7.36. The standard InChI is InChI=1S/C20H30O3/c1-12(2)15(21)23-17(5,6)19-9-14-7-13-8-18(10-19,16(3,4)22)11-20(13,14)19/h13-14,22H,1,7-11H2,2-6H3. The van der Waals surface area contributed by atoms with Gasteiger partial charge in [-0.3, -0.25) is 0 Å². The number of ether oxygens (including phenoxy) is 1. The second kappa shape index (κ2) is 3.87. The van der Waals surface area contributed by atoms with Crippen molar-refractivity contribution in [2.24, 2.45) is 28.1 Å². The minimum absolute atomic E-state index is 0.00415. The van der Waals surface area contributed by atoms with E-state index in [1.807, 2.05) is 13.8 Å². The van der Waals surface area contributed by atoms with Gasteiger partial charge < -0.3 is 9.84 Å². The van der Waals surface area contributed by atoms with Crippen molar-refractivity contribution in [1.82, 2.24) is 0 Å². The van der Waals surface area contributed by atoms with Gasteiger partial charge in [0, 0.05) is 16.4 Å². The summed E-state index contributed by atoms with van der Waals surface area (Å²) in [5.41, 5.74) is -0.347. The average Bonchev–Trinajstić information content (AvgIpc) is 2.82. The van der Waals surface area contributed by atoms with Crippen molar-refractivity contribution in [2.45, 2.75) is 77.9 Å². The molecule has 0 radical (unpaired) electrons. The molecule has 5 unspecified atom stereocenters. The molecule has 0 aromatic carbocycles. The predicted octanol–water partition coefficient (Wildman–Crippen LogP) is 3.85. The van der Waals surface area contributed by atoms with Gasteiger partial charge in [0.1, 0.15) is 5.60 Å². The summed E-state index contributed by atoms with van der Waals surface area (Å²) in [4.78, 5) is 12.2. The Balaban J connectivity index is 1.73. The van der Waals surface area contributed by atoms with E-state index < -0.39 is 11.2 Å². The SMILES string of the molecule is C=C(C)C(=O)OC(C)(C)C12CC3CC4CC(C(C)(C)O)(CC431)C2. The van der Waals surface area contributed by atoms with Crippen molar-refractivity contribution in [3.05, 3.63) is 12.2 Å². The van der Waals surface area contributed by atoms with Crippen LogP contribution in [0.2, 0.25) is 0 Å². The van der Waals surface area contributed by atoms with Crippen LogP contribution in [0.1, 0.15) is 66.7 Å². The van der Waals surface area contributed by atoms with Crippen LogP contribution < -0.4 is 0 Å². The second-order valence-electron chi connectivity index (χ2n) is 10.0. The van der Waals surface area contributed by atoms with Crippen molar-refractivity contribution in [3.8, 4) is 0 Å². The van der Waals surface area contributed by atoms with Crippen molar-refractivity contribution in [2.75, 3.05) is 0 Å². The van der Waals surface area contributed by atoms with E-state index in [0.717, 1.165) is 31.6 Å². The van der Waals surface area contributed by atoms with Gasteiger partial charge in [-0.1, -0.05) is 6.58 Å². The lowest BCUT2D eigenvalue weighted by Gasteiger charge is -2.76. The molecule has 4 fully saturated rings. The summed E-state index contributed by atoms with van der Waals surface area (Å²) in [6, 6.07) is 0. The Kier molecular flexibility index (Phi) is 2.64. The molecule has 3 heteroatoms. The summed E-state index contributed by atoms with van der Waals surface area (Å²) in [7, 11) is 0. The molecule has 4 rings (SSSR count). The molecule has 5 atom stereocenters. The largest absolute Gasteiger partial charge is 0.456 e. The van der Waals surface area contributed by atoms with Gasteiger partial charge in [-0.05, 0) is 84.0 Å². The van der Waals surface area contributed by atoms with Crippen LogP contribution in [0, 0.1) is 28.1 Å². The Labute approximate surface area is 139 Å². The summed E-state index contributed by atoms with van der Waals surface area (Å²) in [6.45, 7) is 13.6. The van der Waals surface area contributed by atoms with Gasteiger partial charge >= 0.3 is 5.97 Å². The highest BCUT2D eigenvalue weighted by atomic mass is 16.6. The Morgan fingerprint density at radius 1 is 1.17 bits per heavy atom. The van der Waals surface area contributed by atoms with Crippen molar-refractivity contribution in [1.29, 1.82) is 0 Å². The van der Waals surface area contributed by atoms with Crippen LogP contribution in [-0.2, 0) is 9.53 Å². The molecule has 2 bridgehead atoms. The molecule has 0 aromatic rings. The third-order valence-electron chi connectivity index (χ3n) is 8.57. The lowest BCUT2D eigenvalue weighted by atomic mass is 9.29. The van der Waals surface area contributed by atoms with Crippen molar-refractivity contribution >= 4 is 5.97 Å². The Hall–Kier alpha value is -0.830. The molecule has 1 N–H and O–H groups in total. The molecule has 23 heavy (non-hydrogen) atoms. The Morgan fingerprint density at radius 3 is 2.30 bits per heavy atom. The maximum atomic E-state index is 12.2. The highest BCUT2D eigenvalue weighted by Crippen LogP contribution is 2.92. The minimum Gasteiger partial charge on any atom is -0.456 e. The van der Waals surface area contributed by atoms with E-state index in [-0.39, 0.29) is 16.8 Å². The molecule has 3 nitrogen and oxygen atoms in total. The number of rotatable bonds is 4. The van der Waals surface area contributed by atoms with E-state index in [0.29, 0.717) is 16.9 Å². The first kappa shape index (κ1) is 15.7. The van der Waals surface area contributed by atoms with Crippen LogP contribution >= 0.6 is 0 Å². The first-order valence-corrected chi connectivity index (χ1v) is 9.02. The van der Waals surface area contributed by atoms with E-state index in [1.54, 1.807) is 6.92 Å². The molecular weight excluding hydrogens is 288 g/mol. The molecular formula is C20H30O3. The van der Waals surface area contributed by atoms with Gasteiger partial charge in [0.15, 0.2) is 0 Å². The zero-order valence-electron chi connectivity index (χ0n) is 15.2. The van der Waals surface area contributed by atoms with Crippen molar-refractivity contribution in [3.63, 3.8) is 0 Å². The van der Waals surface area contributed by atoms with E-state index in [9.17, 15) is 9.90 Å². The lowest BCUT2D eigenvalue weighted by molar-refractivity contribution is -0.312. The van der Waals surface area contributed by atoms with E-state index in [2.05, 4.69) is 20.4 Å². The molecule has 4 saturated carbocycles. The number of fused-ring (bicyclic) bond motifs is 1. The lowest BCUT2D eigenvalue weighted by Crippen LogP contribution is -2.73. The average molecular weight is 318 g/mol. The second-order valence-corrected chi connectivity index (χ2v) is 10.0. The molecule has 0 saturated heterocycles. The fourth-order valence-corrected chi connectivity index (χ4v) is 7.36. The highest BCUT2D eigenvalue weighted by molar-refractivity contribution is 5.87. The van der Waals surface area contributed by atoms with Crippen LogP contribution in [0.4, 0.5) is 0 Å². The first-order chi connectivity index (χ1) is 10.4. The smallest absolute Gasteiger partial charge is 0.333 e. The maximum absolute atomic E-state index is 12.2. The molecule has 128 valence electrons. The summed E-state index contributed by atoms with van der Waals surface area (Å²) >= 11 is 0. The molecule has 0 amide bonds. The van der Waals surface area contributed by atoms with Crippen LogP contribution in [0.25, 0.3) is 0 Å². The number of esters is 1. The topological polar surface area (TPSA) is 46.5 Å². The van der Waals surface area contributed by atoms with Gasteiger partial charge in [-0.15, -0.1) is 0 Å². The number of carbonyl (C=O) groups excluding carboxylic acids is 1. The normalized spacial score (nSPS) is 46.7. The van der Waals surface area contributed by atoms with Gasteiger partial charge in [0.25, 0.3) is 0 Å². The third-order valence-corrected chi connectivity index (χ3v) is 8.57. The molecule has 0 aliphatic heterocycles. The van der Waals surface area contributed by atoms with Gasteiger partial charge in [-0.2, -0.15) is 0 Å². The molecule has 0 aromatic heterocycles. The number of aliphatic hydroxyl groups is 1. The number of hydrogen-bond acceptors (Lipinski definition) is 3. The van der Waals surface area contributed by atoms with Crippen LogP contribution in [0.5, 0.6) is 0 Å². The van der Waals surface area contributed by atoms with E-state index in [1.165, 1.54) is 6.42 Å². The minimum atomic E-state index is -0.664. The van der Waals surface area contributed by atoms with Crippen molar-refractivity contribution < 1.29 is 14.6 Å². The zero-order chi connectivity index (χ0) is 17.1. The Bertz CT molecular complexity index is 613. The maximum Gasteiger partial charge on any atom is 0.333 e. The summed E-state index contributed by atoms with van der Waals surface area (Å²) in [6.07, 6.45) is 5.72. The molecule has 4 aliphatic rings.